The standard InChI is InChI=1S/C68H40O/c1-3-20-43(21-4-1)61-48-27-12-14-29-50(48)63(56-36-34-41-18-7-9-24-45(41)66(56)61)54-38-39-60-65-52(54)32-17-33-53(65)59-40-58(47-26-11-16-31-55(47)68(59)69-60)64-51-30-15-13-28-49(51)62(44-22-5-2-6-23-44)67-46-25-10-8-19-42(46)35-37-57(64)67/h1-40H. The van der Waals surface area contributed by atoms with Crippen LogP contribution in [0.2, 0.25) is 0 Å². The van der Waals surface area contributed by atoms with Gasteiger partial charge in [-0.25, -0.2) is 0 Å². The van der Waals surface area contributed by atoms with E-state index in [1.807, 2.05) is 0 Å². The van der Waals surface area contributed by atoms with Crippen molar-refractivity contribution in [1.29, 1.82) is 0 Å². The summed E-state index contributed by atoms with van der Waals surface area (Å²) in [6.07, 6.45) is 0. The third kappa shape index (κ3) is 5.47. The van der Waals surface area contributed by atoms with E-state index in [-0.39, 0.29) is 0 Å². The van der Waals surface area contributed by atoms with E-state index in [9.17, 15) is 0 Å². The van der Waals surface area contributed by atoms with Gasteiger partial charge in [-0.2, -0.15) is 0 Å². The highest BCUT2D eigenvalue weighted by molar-refractivity contribution is 6.32. The molecule has 0 spiro atoms. The van der Waals surface area contributed by atoms with E-state index >= 15 is 0 Å². The van der Waals surface area contributed by atoms with Crippen LogP contribution < -0.4 is 4.74 Å². The molecule has 14 aromatic carbocycles. The van der Waals surface area contributed by atoms with Crippen molar-refractivity contribution >= 4 is 86.2 Å². The Balaban J connectivity index is 1.04. The molecule has 0 amide bonds. The smallest absolute Gasteiger partial charge is 0.143 e. The van der Waals surface area contributed by atoms with Gasteiger partial charge in [-0.15, -0.1) is 0 Å². The molecule has 1 heteroatoms. The van der Waals surface area contributed by atoms with Gasteiger partial charge in [0, 0.05) is 16.3 Å². The fourth-order valence-corrected chi connectivity index (χ4v) is 12.2. The molecule has 15 rings (SSSR count). The summed E-state index contributed by atoms with van der Waals surface area (Å²) >= 11 is 0. The zero-order valence-electron chi connectivity index (χ0n) is 37.5. The predicted molar refractivity (Wildman–Crippen MR) is 294 cm³/mol. The molecule has 0 bridgehead atoms. The quantitative estimate of drug-likeness (QED) is 0.126. The fourth-order valence-electron chi connectivity index (χ4n) is 12.2. The summed E-state index contributed by atoms with van der Waals surface area (Å²) < 4.78 is 7.26. The molecule has 0 saturated carbocycles. The molecule has 1 nitrogen and oxygen atoms in total. The van der Waals surface area contributed by atoms with Crippen LogP contribution in [-0.4, -0.2) is 0 Å². The normalized spacial score (nSPS) is 12.2. The summed E-state index contributed by atoms with van der Waals surface area (Å²) in [6.45, 7) is 0. The second kappa shape index (κ2) is 14.7. The summed E-state index contributed by atoms with van der Waals surface area (Å²) in [6, 6.07) is 89.5. The van der Waals surface area contributed by atoms with Crippen LogP contribution in [0.15, 0.2) is 243 Å². The van der Waals surface area contributed by atoms with Crippen LogP contribution in [0.1, 0.15) is 0 Å². The van der Waals surface area contributed by atoms with E-state index < -0.39 is 0 Å². The maximum absolute atomic E-state index is 7.26. The third-order valence-electron chi connectivity index (χ3n) is 15.0. The zero-order valence-corrected chi connectivity index (χ0v) is 37.5. The number of hydrogen-bond acceptors (Lipinski definition) is 1. The third-order valence-corrected chi connectivity index (χ3v) is 15.0. The molecule has 0 atom stereocenters. The van der Waals surface area contributed by atoms with Crippen molar-refractivity contribution in [1.82, 2.24) is 0 Å². The minimum Gasteiger partial charge on any atom is -0.455 e. The monoisotopic (exact) mass is 872 g/mol. The molecule has 1 heterocycles. The van der Waals surface area contributed by atoms with Crippen LogP contribution in [0.4, 0.5) is 0 Å². The van der Waals surface area contributed by atoms with Crippen molar-refractivity contribution in [2.45, 2.75) is 0 Å². The van der Waals surface area contributed by atoms with E-state index in [1.54, 1.807) is 0 Å². The molecule has 0 N–H and O–H groups in total. The van der Waals surface area contributed by atoms with Gasteiger partial charge < -0.3 is 4.74 Å². The van der Waals surface area contributed by atoms with Crippen molar-refractivity contribution in [3.8, 4) is 67.1 Å². The first-order chi connectivity index (χ1) is 34.3. The van der Waals surface area contributed by atoms with Crippen molar-refractivity contribution in [3.05, 3.63) is 243 Å². The Morgan fingerprint density at radius 3 is 1.23 bits per heavy atom. The van der Waals surface area contributed by atoms with Gasteiger partial charge >= 0.3 is 0 Å². The summed E-state index contributed by atoms with van der Waals surface area (Å²) in [5.74, 6) is 1.78. The lowest BCUT2D eigenvalue weighted by Crippen LogP contribution is -2.01. The van der Waals surface area contributed by atoms with E-state index in [0.717, 1.165) is 27.8 Å². The van der Waals surface area contributed by atoms with Crippen LogP contribution in [0.5, 0.6) is 11.5 Å². The lowest BCUT2D eigenvalue weighted by atomic mass is 9.80. The second-order valence-corrected chi connectivity index (χ2v) is 18.5. The van der Waals surface area contributed by atoms with Crippen LogP contribution in [-0.2, 0) is 0 Å². The Hall–Kier alpha value is -9.04. The molecule has 14 aromatic rings. The van der Waals surface area contributed by atoms with E-state index in [1.165, 1.54) is 125 Å². The van der Waals surface area contributed by atoms with E-state index in [4.69, 9.17) is 4.74 Å². The van der Waals surface area contributed by atoms with Crippen LogP contribution in [0.3, 0.4) is 0 Å². The molecule has 0 radical (unpaired) electrons. The summed E-state index contributed by atoms with van der Waals surface area (Å²) in [7, 11) is 0. The van der Waals surface area contributed by atoms with Gasteiger partial charge in [0.25, 0.3) is 0 Å². The van der Waals surface area contributed by atoms with Crippen molar-refractivity contribution in [2.75, 3.05) is 0 Å². The predicted octanol–water partition coefficient (Wildman–Crippen LogP) is 19.4. The lowest BCUT2D eigenvalue weighted by Gasteiger charge is -2.27. The Morgan fingerprint density at radius 2 is 0.667 bits per heavy atom. The highest BCUT2D eigenvalue weighted by Gasteiger charge is 2.28. The molecule has 0 aromatic heterocycles. The Morgan fingerprint density at radius 1 is 0.217 bits per heavy atom. The summed E-state index contributed by atoms with van der Waals surface area (Å²) in [5.41, 5.74) is 12.1. The van der Waals surface area contributed by atoms with Gasteiger partial charge in [0.1, 0.15) is 11.5 Å². The highest BCUT2D eigenvalue weighted by Crippen LogP contribution is 2.56. The molecule has 0 aliphatic carbocycles. The minimum absolute atomic E-state index is 0.879. The molecule has 1 aliphatic rings. The largest absolute Gasteiger partial charge is 0.455 e. The van der Waals surface area contributed by atoms with Crippen molar-refractivity contribution in [3.63, 3.8) is 0 Å². The molecule has 318 valence electrons. The Bertz CT molecular complexity index is 4490. The maximum atomic E-state index is 7.26. The van der Waals surface area contributed by atoms with E-state index in [0.29, 0.717) is 0 Å². The maximum Gasteiger partial charge on any atom is 0.143 e. The number of ether oxygens (including phenoxy) is 1. The minimum atomic E-state index is 0.879. The molecular formula is C68H40O. The average Bonchev–Trinajstić information content (AvgIpc) is 3.42. The van der Waals surface area contributed by atoms with Crippen molar-refractivity contribution < 1.29 is 4.74 Å². The molecule has 69 heavy (non-hydrogen) atoms. The number of rotatable bonds is 4. The number of benzene rings is 14. The molecule has 0 fully saturated rings. The first kappa shape index (κ1) is 38.1. The number of fused-ring (bicyclic) bond motifs is 12. The van der Waals surface area contributed by atoms with Gasteiger partial charge in [-0.05, 0) is 144 Å². The van der Waals surface area contributed by atoms with Crippen LogP contribution in [0.25, 0.3) is 142 Å². The molecule has 0 unspecified atom stereocenters. The van der Waals surface area contributed by atoms with Gasteiger partial charge in [-0.1, -0.05) is 224 Å². The summed E-state index contributed by atoms with van der Waals surface area (Å²) in [4.78, 5) is 0. The molecular weight excluding hydrogens is 833 g/mol. The Kier molecular flexibility index (Phi) is 8.13. The van der Waals surface area contributed by atoms with Crippen LogP contribution in [0, 0.1) is 0 Å². The van der Waals surface area contributed by atoms with Gasteiger partial charge in [0.2, 0.25) is 0 Å². The highest BCUT2D eigenvalue weighted by atomic mass is 16.5. The second-order valence-electron chi connectivity index (χ2n) is 18.5. The fraction of sp³-hybridized carbons (Fsp3) is 0. The Labute approximate surface area is 398 Å². The number of hydrogen-bond donors (Lipinski definition) is 0. The first-order valence-electron chi connectivity index (χ1n) is 23.9. The average molecular weight is 873 g/mol. The molecule has 0 saturated heterocycles. The SMILES string of the molecule is c1ccc(-c2c3ccccc3c(-c3cc4c(c5ccccc35)Oc3ccc(-c5c6ccccc6c(-c6ccccc6)c6c5ccc5ccccc56)c5cccc-4c35)c3ccc4ccccc4c23)cc1. The lowest BCUT2D eigenvalue weighted by molar-refractivity contribution is 0.493. The first-order valence-corrected chi connectivity index (χ1v) is 23.9. The zero-order chi connectivity index (χ0) is 45.2. The van der Waals surface area contributed by atoms with Gasteiger partial charge in [-0.3, -0.25) is 0 Å². The molecule has 1 aliphatic heterocycles. The van der Waals surface area contributed by atoms with Gasteiger partial charge in [0.15, 0.2) is 0 Å². The topological polar surface area (TPSA) is 9.23 Å². The van der Waals surface area contributed by atoms with E-state index in [2.05, 4.69) is 243 Å². The van der Waals surface area contributed by atoms with Gasteiger partial charge in [0.05, 0.1) is 0 Å². The van der Waals surface area contributed by atoms with Crippen molar-refractivity contribution in [2.24, 2.45) is 0 Å². The van der Waals surface area contributed by atoms with Crippen LogP contribution >= 0.6 is 0 Å². The summed E-state index contributed by atoms with van der Waals surface area (Å²) in [5, 5.41) is 19.5.